The van der Waals surface area contributed by atoms with E-state index in [1.807, 2.05) is 0 Å². The van der Waals surface area contributed by atoms with Crippen molar-refractivity contribution in [3.8, 4) is 0 Å². The molecule has 0 radical (unpaired) electrons. The predicted octanol–water partition coefficient (Wildman–Crippen LogP) is 1.21. The number of carbonyl (C=O) groups excluding carboxylic acids is 1. The Bertz CT molecular complexity index is 480. The standard InChI is InChI=1S/C11H13ClN4O/c1-11-2-6(14-7(11)3-11)10(17)16-9-5-13-4-8(12)15-9/h4-7,14H,2-3H2,1H3,(H,15,16,17). The lowest BCUT2D eigenvalue weighted by Crippen LogP contribution is -2.38. The Morgan fingerprint density at radius 3 is 3.06 bits per heavy atom. The molecule has 3 unspecified atom stereocenters. The quantitative estimate of drug-likeness (QED) is 0.830. The van der Waals surface area contributed by atoms with E-state index in [0.29, 0.717) is 17.3 Å². The van der Waals surface area contributed by atoms with Gasteiger partial charge in [0, 0.05) is 6.04 Å². The second kappa shape index (κ2) is 3.65. The molecular weight excluding hydrogens is 240 g/mol. The van der Waals surface area contributed by atoms with Gasteiger partial charge < -0.3 is 10.6 Å². The number of aromatic nitrogens is 2. The van der Waals surface area contributed by atoms with Crippen LogP contribution in [0.4, 0.5) is 5.82 Å². The number of piperidine rings is 1. The Hall–Kier alpha value is -1.20. The third kappa shape index (κ3) is 2.00. The molecule has 3 atom stereocenters. The smallest absolute Gasteiger partial charge is 0.242 e. The number of nitrogens with one attached hydrogen (secondary N) is 2. The highest BCUT2D eigenvalue weighted by Crippen LogP contribution is 2.53. The van der Waals surface area contributed by atoms with Crippen LogP contribution < -0.4 is 10.6 Å². The molecule has 1 aromatic rings. The Morgan fingerprint density at radius 2 is 2.41 bits per heavy atom. The second-order valence-corrected chi connectivity index (χ2v) is 5.44. The van der Waals surface area contributed by atoms with Gasteiger partial charge in [-0.05, 0) is 18.3 Å². The van der Waals surface area contributed by atoms with Crippen LogP contribution in [0.2, 0.25) is 5.15 Å². The molecule has 2 fully saturated rings. The van der Waals surface area contributed by atoms with Crippen LogP contribution in [-0.2, 0) is 4.79 Å². The number of nitrogens with zero attached hydrogens (tertiary/aromatic N) is 2. The summed E-state index contributed by atoms with van der Waals surface area (Å²) in [6.07, 6.45) is 4.98. The van der Waals surface area contributed by atoms with Crippen LogP contribution in [-0.4, -0.2) is 28.0 Å². The van der Waals surface area contributed by atoms with E-state index in [2.05, 4.69) is 27.5 Å². The molecule has 1 saturated carbocycles. The molecule has 6 heteroatoms. The van der Waals surface area contributed by atoms with E-state index in [-0.39, 0.29) is 17.1 Å². The maximum Gasteiger partial charge on any atom is 0.242 e. The summed E-state index contributed by atoms with van der Waals surface area (Å²) in [5, 5.41) is 6.31. The van der Waals surface area contributed by atoms with Crippen LogP contribution in [0.1, 0.15) is 19.8 Å². The Morgan fingerprint density at radius 1 is 1.59 bits per heavy atom. The molecule has 1 saturated heterocycles. The van der Waals surface area contributed by atoms with Crippen molar-refractivity contribution in [3.05, 3.63) is 17.5 Å². The topological polar surface area (TPSA) is 66.9 Å². The van der Waals surface area contributed by atoms with Gasteiger partial charge in [-0.25, -0.2) is 4.98 Å². The molecule has 2 heterocycles. The van der Waals surface area contributed by atoms with Gasteiger partial charge in [0.05, 0.1) is 18.4 Å². The minimum absolute atomic E-state index is 0.0602. The van der Waals surface area contributed by atoms with Crippen molar-refractivity contribution < 1.29 is 4.79 Å². The van der Waals surface area contributed by atoms with Crippen molar-refractivity contribution in [2.75, 3.05) is 5.32 Å². The normalized spacial score (nSPS) is 34.2. The molecule has 1 aliphatic heterocycles. The van der Waals surface area contributed by atoms with Crippen LogP contribution in [0.5, 0.6) is 0 Å². The SMILES string of the molecule is CC12CC(C(=O)Nc3cncc(Cl)n3)NC1C2. The fraction of sp³-hybridized carbons (Fsp3) is 0.545. The molecule has 2 aliphatic rings. The van der Waals surface area contributed by atoms with E-state index < -0.39 is 0 Å². The molecule has 0 spiro atoms. The van der Waals surface area contributed by atoms with E-state index in [1.165, 1.54) is 18.8 Å². The first kappa shape index (κ1) is 10.9. The highest BCUT2D eigenvalue weighted by atomic mass is 35.5. The fourth-order valence-electron chi connectivity index (χ4n) is 2.45. The van der Waals surface area contributed by atoms with Gasteiger partial charge in [-0.3, -0.25) is 9.78 Å². The van der Waals surface area contributed by atoms with E-state index in [0.717, 1.165) is 6.42 Å². The van der Waals surface area contributed by atoms with E-state index >= 15 is 0 Å². The van der Waals surface area contributed by atoms with Crippen LogP contribution in [0.3, 0.4) is 0 Å². The third-order valence-electron chi connectivity index (χ3n) is 3.60. The van der Waals surface area contributed by atoms with E-state index in [9.17, 15) is 4.79 Å². The average molecular weight is 253 g/mol. The maximum atomic E-state index is 11.9. The van der Waals surface area contributed by atoms with Gasteiger partial charge in [-0.15, -0.1) is 0 Å². The molecule has 1 aromatic heterocycles. The predicted molar refractivity (Wildman–Crippen MR) is 63.7 cm³/mol. The van der Waals surface area contributed by atoms with Crippen molar-refractivity contribution in [1.29, 1.82) is 0 Å². The first-order chi connectivity index (χ1) is 8.07. The first-order valence-electron chi connectivity index (χ1n) is 5.61. The summed E-state index contributed by atoms with van der Waals surface area (Å²) in [5.74, 6) is 0.338. The number of carbonyl (C=O) groups is 1. The number of anilines is 1. The van der Waals surface area contributed by atoms with Crippen LogP contribution in [0.15, 0.2) is 12.4 Å². The average Bonchev–Trinajstić information content (AvgIpc) is 2.77. The van der Waals surface area contributed by atoms with Gasteiger partial charge >= 0.3 is 0 Å². The van der Waals surface area contributed by atoms with Gasteiger partial charge in [-0.1, -0.05) is 18.5 Å². The van der Waals surface area contributed by atoms with Gasteiger partial charge in [0.2, 0.25) is 5.91 Å². The summed E-state index contributed by atoms with van der Waals surface area (Å²) in [4.78, 5) is 19.8. The zero-order valence-electron chi connectivity index (χ0n) is 9.40. The summed E-state index contributed by atoms with van der Waals surface area (Å²) in [5.41, 5.74) is 0.321. The molecule has 3 rings (SSSR count). The summed E-state index contributed by atoms with van der Waals surface area (Å²) in [6.45, 7) is 2.21. The Kier molecular flexibility index (Phi) is 2.34. The van der Waals surface area contributed by atoms with E-state index in [4.69, 9.17) is 11.6 Å². The monoisotopic (exact) mass is 252 g/mol. The van der Waals surface area contributed by atoms with Crippen LogP contribution in [0, 0.1) is 5.41 Å². The molecular formula is C11H13ClN4O. The third-order valence-corrected chi connectivity index (χ3v) is 3.78. The summed E-state index contributed by atoms with van der Waals surface area (Å²) >= 11 is 5.70. The lowest BCUT2D eigenvalue weighted by Gasteiger charge is -2.13. The lowest BCUT2D eigenvalue weighted by molar-refractivity contribution is -0.118. The second-order valence-electron chi connectivity index (χ2n) is 5.05. The molecule has 1 aliphatic carbocycles. The molecule has 5 nitrogen and oxygen atoms in total. The van der Waals surface area contributed by atoms with Crippen LogP contribution >= 0.6 is 11.6 Å². The lowest BCUT2D eigenvalue weighted by atomic mass is 10.0. The van der Waals surface area contributed by atoms with Gasteiger partial charge in [0.1, 0.15) is 5.15 Å². The summed E-state index contributed by atoms with van der Waals surface area (Å²) in [7, 11) is 0. The van der Waals surface area contributed by atoms with Crippen molar-refractivity contribution in [2.24, 2.45) is 5.41 Å². The number of amides is 1. The van der Waals surface area contributed by atoms with E-state index in [1.54, 1.807) is 0 Å². The highest BCUT2D eigenvalue weighted by Gasteiger charge is 2.58. The largest absolute Gasteiger partial charge is 0.308 e. The zero-order valence-corrected chi connectivity index (χ0v) is 10.2. The molecule has 1 amide bonds. The molecule has 17 heavy (non-hydrogen) atoms. The Labute approximate surface area is 104 Å². The number of fused-ring (bicyclic) bond motifs is 1. The van der Waals surface area contributed by atoms with Gasteiger partial charge in [0.15, 0.2) is 5.82 Å². The van der Waals surface area contributed by atoms with Crippen molar-refractivity contribution in [2.45, 2.75) is 31.8 Å². The minimum Gasteiger partial charge on any atom is -0.308 e. The van der Waals surface area contributed by atoms with Crippen molar-refractivity contribution >= 4 is 23.3 Å². The summed E-state index contributed by atoms with van der Waals surface area (Å²) < 4.78 is 0. The summed E-state index contributed by atoms with van der Waals surface area (Å²) in [6, 6.07) is 0.378. The van der Waals surface area contributed by atoms with Crippen LogP contribution in [0.25, 0.3) is 0 Å². The van der Waals surface area contributed by atoms with Crippen molar-refractivity contribution in [3.63, 3.8) is 0 Å². The zero-order chi connectivity index (χ0) is 12.0. The van der Waals surface area contributed by atoms with Crippen molar-refractivity contribution in [1.82, 2.24) is 15.3 Å². The molecule has 0 aromatic carbocycles. The number of halogens is 1. The number of rotatable bonds is 2. The molecule has 90 valence electrons. The number of hydrogen-bond acceptors (Lipinski definition) is 4. The maximum absolute atomic E-state index is 11.9. The highest BCUT2D eigenvalue weighted by molar-refractivity contribution is 6.29. The van der Waals surface area contributed by atoms with Gasteiger partial charge in [0.25, 0.3) is 0 Å². The minimum atomic E-state index is -0.125. The first-order valence-corrected chi connectivity index (χ1v) is 5.99. The fourth-order valence-corrected chi connectivity index (χ4v) is 2.59. The van der Waals surface area contributed by atoms with Gasteiger partial charge in [-0.2, -0.15) is 0 Å². The number of hydrogen-bond donors (Lipinski definition) is 2. The molecule has 2 N–H and O–H groups in total. The Balaban J connectivity index is 1.64. The molecule has 0 bridgehead atoms.